The number of hydrogen-bond acceptors (Lipinski definition) is 3. The molecule has 1 aromatic heterocycles. The fourth-order valence-corrected chi connectivity index (χ4v) is 4.07. The summed E-state index contributed by atoms with van der Waals surface area (Å²) in [6.45, 7) is 3.34. The van der Waals surface area contributed by atoms with Crippen molar-refractivity contribution in [1.82, 2.24) is 10.2 Å². The summed E-state index contributed by atoms with van der Waals surface area (Å²) >= 11 is 5.30. The van der Waals surface area contributed by atoms with Gasteiger partial charge in [0.05, 0.1) is 3.79 Å². The van der Waals surface area contributed by atoms with E-state index in [4.69, 9.17) is 0 Å². The smallest absolute Gasteiger partial charge is 0.0701 e. The Morgan fingerprint density at radius 2 is 2.05 bits per heavy atom. The Labute approximate surface area is 128 Å². The van der Waals surface area contributed by atoms with Gasteiger partial charge in [-0.25, -0.2) is 0 Å². The lowest BCUT2D eigenvalue weighted by atomic mass is 10.1. The van der Waals surface area contributed by atoms with E-state index in [1.165, 1.54) is 35.0 Å². The summed E-state index contributed by atoms with van der Waals surface area (Å²) in [5.74, 6) is 2.01. The molecule has 2 aliphatic carbocycles. The van der Waals surface area contributed by atoms with Gasteiger partial charge in [-0.1, -0.05) is 0 Å². The molecule has 106 valence electrons. The Balaban J connectivity index is 1.36. The van der Waals surface area contributed by atoms with Crippen LogP contribution in [0.15, 0.2) is 15.2 Å². The molecule has 0 saturated heterocycles. The van der Waals surface area contributed by atoms with Crippen LogP contribution in [-0.2, 0) is 6.54 Å². The van der Waals surface area contributed by atoms with Crippen LogP contribution < -0.4 is 5.32 Å². The topological polar surface area (TPSA) is 15.3 Å². The average molecular weight is 343 g/mol. The van der Waals surface area contributed by atoms with Crippen LogP contribution in [0.3, 0.4) is 0 Å². The molecule has 2 aliphatic rings. The molecule has 4 heteroatoms. The number of nitrogens with one attached hydrogen (secondary N) is 1. The van der Waals surface area contributed by atoms with Gasteiger partial charge in [-0.2, -0.15) is 0 Å². The van der Waals surface area contributed by atoms with Crippen molar-refractivity contribution < 1.29 is 0 Å². The van der Waals surface area contributed by atoms with E-state index in [2.05, 4.69) is 44.6 Å². The van der Waals surface area contributed by atoms with Gasteiger partial charge in [0.2, 0.25) is 0 Å². The van der Waals surface area contributed by atoms with E-state index in [0.29, 0.717) is 0 Å². The summed E-state index contributed by atoms with van der Waals surface area (Å²) in [4.78, 5) is 2.42. The third kappa shape index (κ3) is 4.28. The molecule has 1 heterocycles. The monoisotopic (exact) mass is 342 g/mol. The van der Waals surface area contributed by atoms with Crippen LogP contribution in [0.5, 0.6) is 0 Å². The Morgan fingerprint density at radius 1 is 1.37 bits per heavy atom. The molecular weight excluding hydrogens is 320 g/mol. The van der Waals surface area contributed by atoms with E-state index in [9.17, 15) is 0 Å². The van der Waals surface area contributed by atoms with E-state index in [-0.39, 0.29) is 0 Å². The zero-order valence-electron chi connectivity index (χ0n) is 11.6. The van der Waals surface area contributed by atoms with Gasteiger partial charge >= 0.3 is 0 Å². The molecule has 2 nitrogen and oxygen atoms in total. The van der Waals surface area contributed by atoms with Crippen molar-refractivity contribution in [3.05, 3.63) is 20.8 Å². The predicted molar refractivity (Wildman–Crippen MR) is 85.6 cm³/mol. The molecule has 2 fully saturated rings. The first-order valence-electron chi connectivity index (χ1n) is 7.37. The Morgan fingerprint density at radius 3 is 2.58 bits per heavy atom. The third-order valence-corrected chi connectivity index (χ3v) is 5.76. The van der Waals surface area contributed by atoms with Crippen molar-refractivity contribution in [1.29, 1.82) is 0 Å². The first-order valence-corrected chi connectivity index (χ1v) is 9.04. The molecule has 0 aromatic carbocycles. The molecule has 0 amide bonds. The number of rotatable bonds is 8. The van der Waals surface area contributed by atoms with Gasteiger partial charge in [0.25, 0.3) is 0 Å². The molecule has 0 aliphatic heterocycles. The molecule has 1 aromatic rings. The summed E-state index contributed by atoms with van der Waals surface area (Å²) < 4.78 is 1.23. The van der Waals surface area contributed by atoms with Crippen molar-refractivity contribution in [2.24, 2.45) is 11.8 Å². The lowest BCUT2D eigenvalue weighted by Gasteiger charge is -2.21. The first-order chi connectivity index (χ1) is 9.22. The van der Waals surface area contributed by atoms with Gasteiger partial charge in [0, 0.05) is 25.7 Å². The lowest BCUT2D eigenvalue weighted by Crippen LogP contribution is -2.38. The van der Waals surface area contributed by atoms with Crippen molar-refractivity contribution in [3.8, 4) is 0 Å². The van der Waals surface area contributed by atoms with Gasteiger partial charge in [-0.05, 0) is 77.5 Å². The highest BCUT2D eigenvalue weighted by molar-refractivity contribution is 9.11. The molecule has 19 heavy (non-hydrogen) atoms. The Hall–Kier alpha value is 0.100. The van der Waals surface area contributed by atoms with Crippen molar-refractivity contribution in [2.75, 3.05) is 20.1 Å². The summed E-state index contributed by atoms with van der Waals surface area (Å²) in [6.07, 6.45) is 5.86. The normalized spacial score (nSPS) is 19.6. The summed E-state index contributed by atoms with van der Waals surface area (Å²) in [5, 5.41) is 6.06. The van der Waals surface area contributed by atoms with E-state index >= 15 is 0 Å². The molecule has 0 unspecified atom stereocenters. The van der Waals surface area contributed by atoms with Crippen LogP contribution in [0, 0.1) is 11.8 Å². The highest BCUT2D eigenvalue weighted by Gasteiger charge is 2.40. The minimum atomic E-state index is 0.837. The van der Waals surface area contributed by atoms with E-state index < -0.39 is 0 Å². The molecule has 0 radical (unpaired) electrons. The van der Waals surface area contributed by atoms with Gasteiger partial charge in [-0.15, -0.1) is 11.3 Å². The fourth-order valence-electron chi connectivity index (χ4n) is 2.87. The van der Waals surface area contributed by atoms with Gasteiger partial charge in [0.15, 0.2) is 0 Å². The van der Waals surface area contributed by atoms with Crippen LogP contribution in [0.1, 0.15) is 31.2 Å². The Kier molecular flexibility index (Phi) is 4.62. The van der Waals surface area contributed by atoms with E-state index in [0.717, 1.165) is 37.5 Å². The molecule has 0 atom stereocenters. The number of likely N-dealkylation sites (N-methyl/N-ethyl adjacent to an activating group) is 1. The number of thiophene rings is 1. The standard InChI is InChI=1S/C15H23BrN2S/c1-18(9-11-8-14(16)19-10-11)7-6-17-15(12-2-3-12)13-4-5-13/h8,10,12-13,15,17H,2-7,9H2,1H3. The van der Waals surface area contributed by atoms with Crippen LogP contribution in [0.2, 0.25) is 0 Å². The number of hydrogen-bond donors (Lipinski definition) is 1. The second-order valence-electron chi connectivity index (χ2n) is 6.15. The molecular formula is C15H23BrN2S. The highest BCUT2D eigenvalue weighted by atomic mass is 79.9. The maximum atomic E-state index is 3.82. The quantitative estimate of drug-likeness (QED) is 0.774. The minimum absolute atomic E-state index is 0.837. The van der Waals surface area contributed by atoms with Crippen molar-refractivity contribution >= 4 is 27.3 Å². The first kappa shape index (κ1) is 14.1. The third-order valence-electron chi connectivity index (χ3n) is 4.21. The second-order valence-corrected chi connectivity index (χ2v) is 8.44. The molecule has 0 bridgehead atoms. The maximum Gasteiger partial charge on any atom is 0.0701 e. The van der Waals surface area contributed by atoms with Gasteiger partial charge < -0.3 is 10.2 Å². The maximum absolute atomic E-state index is 3.82. The zero-order chi connectivity index (χ0) is 13.2. The van der Waals surface area contributed by atoms with E-state index in [1.54, 1.807) is 11.3 Å². The minimum Gasteiger partial charge on any atom is -0.312 e. The van der Waals surface area contributed by atoms with Crippen molar-refractivity contribution in [3.63, 3.8) is 0 Å². The summed E-state index contributed by atoms with van der Waals surface area (Å²) in [7, 11) is 2.22. The Bertz CT molecular complexity index is 400. The summed E-state index contributed by atoms with van der Waals surface area (Å²) in [5.41, 5.74) is 1.42. The molecule has 1 N–H and O–H groups in total. The SMILES string of the molecule is CN(CCNC(C1CC1)C1CC1)Cc1csc(Br)c1. The summed E-state index contributed by atoms with van der Waals surface area (Å²) in [6, 6.07) is 3.06. The largest absolute Gasteiger partial charge is 0.312 e. The van der Waals surface area contributed by atoms with Crippen LogP contribution >= 0.6 is 27.3 Å². The van der Waals surface area contributed by atoms with Crippen molar-refractivity contribution in [2.45, 2.75) is 38.3 Å². The molecule has 2 saturated carbocycles. The van der Waals surface area contributed by atoms with E-state index in [1.807, 2.05) is 0 Å². The van der Waals surface area contributed by atoms with Crippen LogP contribution in [0.4, 0.5) is 0 Å². The average Bonchev–Trinajstić information content (AvgIpc) is 3.26. The second kappa shape index (κ2) is 6.25. The van der Waals surface area contributed by atoms with Crippen LogP contribution in [0.25, 0.3) is 0 Å². The zero-order valence-corrected chi connectivity index (χ0v) is 14.0. The van der Waals surface area contributed by atoms with Crippen LogP contribution in [-0.4, -0.2) is 31.1 Å². The number of nitrogens with zero attached hydrogens (tertiary/aromatic N) is 1. The van der Waals surface area contributed by atoms with Gasteiger partial charge in [0.1, 0.15) is 0 Å². The predicted octanol–water partition coefficient (Wildman–Crippen LogP) is 3.72. The lowest BCUT2D eigenvalue weighted by molar-refractivity contribution is 0.306. The molecule has 0 spiro atoms. The molecule has 3 rings (SSSR count). The fraction of sp³-hybridized carbons (Fsp3) is 0.733. The highest BCUT2D eigenvalue weighted by Crippen LogP contribution is 2.44. The number of halogens is 1. The van der Waals surface area contributed by atoms with Gasteiger partial charge in [-0.3, -0.25) is 0 Å².